The van der Waals surface area contributed by atoms with Gasteiger partial charge in [0, 0.05) is 10.2 Å². The second kappa shape index (κ2) is 6.68. The normalized spacial score (nSPS) is 10.7. The van der Waals surface area contributed by atoms with E-state index in [1.54, 1.807) is 0 Å². The summed E-state index contributed by atoms with van der Waals surface area (Å²) in [6.45, 7) is 5.68. The van der Waals surface area contributed by atoms with Crippen LogP contribution in [0.4, 0.5) is 11.7 Å². The highest BCUT2D eigenvalue weighted by molar-refractivity contribution is 9.10. The molecule has 2 rings (SSSR count). The number of nitrogens with zero attached hydrogens (tertiary/aromatic N) is 2. The molecule has 2 aromatic rings. The highest BCUT2D eigenvalue weighted by Gasteiger charge is 2.07. The number of rotatable bonds is 6. The number of nitrogens with one attached hydrogen (secondary N) is 2. The van der Waals surface area contributed by atoms with Crippen molar-refractivity contribution in [2.24, 2.45) is 0 Å². The van der Waals surface area contributed by atoms with Gasteiger partial charge in [-0.1, -0.05) is 34.0 Å². The number of aromatic nitrogens is 2. The number of halogens is 1. The van der Waals surface area contributed by atoms with Crippen molar-refractivity contribution in [3.63, 3.8) is 0 Å². The lowest BCUT2D eigenvalue weighted by Crippen LogP contribution is -2.13. The second-order valence-electron chi connectivity index (χ2n) is 4.26. The Hall–Kier alpha value is -1.40. The molecule has 0 aliphatic heterocycles. The zero-order chi connectivity index (χ0) is 13.7. The van der Waals surface area contributed by atoms with Crippen molar-refractivity contribution in [1.82, 2.24) is 15.5 Å². The van der Waals surface area contributed by atoms with E-state index < -0.39 is 0 Å². The van der Waals surface area contributed by atoms with E-state index in [2.05, 4.69) is 43.7 Å². The standard InChI is InChI=1S/C13H17BrN4O/c1-3-6-15-8-12-17-18-13(19-12)16-11-7-10(14)5-4-9(11)2/h4-5,7,15H,3,6,8H2,1-2H3,(H,16,18). The van der Waals surface area contributed by atoms with Crippen molar-refractivity contribution < 1.29 is 4.42 Å². The van der Waals surface area contributed by atoms with Crippen LogP contribution in [0.25, 0.3) is 0 Å². The van der Waals surface area contributed by atoms with E-state index in [0.29, 0.717) is 18.5 Å². The van der Waals surface area contributed by atoms with Gasteiger partial charge in [0.15, 0.2) is 0 Å². The number of hydrogen-bond acceptors (Lipinski definition) is 5. The molecule has 0 unspecified atom stereocenters. The molecule has 0 aliphatic rings. The fourth-order valence-electron chi connectivity index (χ4n) is 1.59. The molecular formula is C13H17BrN4O. The molecule has 6 heteroatoms. The maximum absolute atomic E-state index is 5.52. The molecule has 0 radical (unpaired) electrons. The maximum Gasteiger partial charge on any atom is 0.320 e. The summed E-state index contributed by atoms with van der Waals surface area (Å²) in [6.07, 6.45) is 1.08. The van der Waals surface area contributed by atoms with Crippen molar-refractivity contribution >= 4 is 27.6 Å². The topological polar surface area (TPSA) is 63.0 Å². The van der Waals surface area contributed by atoms with Crippen LogP contribution in [0.5, 0.6) is 0 Å². The molecular weight excluding hydrogens is 308 g/mol. The molecule has 0 amide bonds. The van der Waals surface area contributed by atoms with Gasteiger partial charge >= 0.3 is 6.01 Å². The first-order chi connectivity index (χ1) is 9.19. The predicted octanol–water partition coefficient (Wildman–Crippen LogP) is 3.38. The van der Waals surface area contributed by atoms with E-state index in [-0.39, 0.29) is 0 Å². The van der Waals surface area contributed by atoms with Crippen molar-refractivity contribution in [3.8, 4) is 0 Å². The second-order valence-corrected chi connectivity index (χ2v) is 5.18. The summed E-state index contributed by atoms with van der Waals surface area (Å²) in [7, 11) is 0. The Kier molecular flexibility index (Phi) is 4.93. The van der Waals surface area contributed by atoms with Crippen LogP contribution in [-0.2, 0) is 6.54 Å². The lowest BCUT2D eigenvalue weighted by Gasteiger charge is -2.05. The summed E-state index contributed by atoms with van der Waals surface area (Å²) in [6, 6.07) is 6.41. The van der Waals surface area contributed by atoms with Gasteiger partial charge < -0.3 is 15.1 Å². The number of aryl methyl sites for hydroxylation is 1. The van der Waals surface area contributed by atoms with Crippen LogP contribution in [0.1, 0.15) is 24.8 Å². The summed E-state index contributed by atoms with van der Waals surface area (Å²) >= 11 is 3.44. The third kappa shape index (κ3) is 4.04. The lowest BCUT2D eigenvalue weighted by atomic mass is 10.2. The summed E-state index contributed by atoms with van der Waals surface area (Å²) in [4.78, 5) is 0. The van der Waals surface area contributed by atoms with Gasteiger partial charge in [-0.25, -0.2) is 0 Å². The van der Waals surface area contributed by atoms with Gasteiger partial charge in [-0.2, -0.15) is 0 Å². The van der Waals surface area contributed by atoms with E-state index in [4.69, 9.17) is 4.42 Å². The van der Waals surface area contributed by atoms with Gasteiger partial charge in [0.2, 0.25) is 5.89 Å². The first kappa shape index (κ1) is 14.0. The minimum absolute atomic E-state index is 0.412. The molecule has 0 atom stereocenters. The van der Waals surface area contributed by atoms with E-state index in [1.165, 1.54) is 0 Å². The molecule has 1 aromatic carbocycles. The molecule has 102 valence electrons. The van der Waals surface area contributed by atoms with Crippen molar-refractivity contribution in [2.75, 3.05) is 11.9 Å². The molecule has 0 aliphatic carbocycles. The monoisotopic (exact) mass is 324 g/mol. The van der Waals surface area contributed by atoms with Crippen LogP contribution < -0.4 is 10.6 Å². The van der Waals surface area contributed by atoms with Gasteiger partial charge in [-0.15, -0.1) is 5.10 Å². The summed E-state index contributed by atoms with van der Waals surface area (Å²) < 4.78 is 6.52. The predicted molar refractivity (Wildman–Crippen MR) is 78.5 cm³/mol. The minimum Gasteiger partial charge on any atom is -0.406 e. The smallest absolute Gasteiger partial charge is 0.320 e. The van der Waals surface area contributed by atoms with Crippen LogP contribution in [0.3, 0.4) is 0 Å². The highest BCUT2D eigenvalue weighted by Crippen LogP contribution is 2.23. The third-order valence-electron chi connectivity index (χ3n) is 2.61. The van der Waals surface area contributed by atoms with Crippen molar-refractivity contribution in [1.29, 1.82) is 0 Å². The molecule has 19 heavy (non-hydrogen) atoms. The van der Waals surface area contributed by atoms with Crippen LogP contribution in [0, 0.1) is 6.92 Å². The van der Waals surface area contributed by atoms with E-state index >= 15 is 0 Å². The SMILES string of the molecule is CCCNCc1nnc(Nc2cc(Br)ccc2C)o1. The number of anilines is 2. The van der Waals surface area contributed by atoms with Crippen molar-refractivity contribution in [2.45, 2.75) is 26.8 Å². The Morgan fingerprint density at radius 2 is 2.16 bits per heavy atom. The largest absolute Gasteiger partial charge is 0.406 e. The van der Waals surface area contributed by atoms with Gasteiger partial charge in [0.1, 0.15) is 0 Å². The molecule has 1 aromatic heterocycles. The highest BCUT2D eigenvalue weighted by atomic mass is 79.9. The Bertz CT molecular complexity index is 541. The Labute approximate surface area is 120 Å². The molecule has 0 saturated heterocycles. The van der Waals surface area contributed by atoms with Crippen LogP contribution in [0.2, 0.25) is 0 Å². The zero-order valence-electron chi connectivity index (χ0n) is 11.0. The third-order valence-corrected chi connectivity index (χ3v) is 3.10. The Morgan fingerprint density at radius 1 is 1.32 bits per heavy atom. The van der Waals surface area contributed by atoms with Gasteiger partial charge in [0.25, 0.3) is 0 Å². The summed E-state index contributed by atoms with van der Waals surface area (Å²) in [5, 5.41) is 14.3. The quantitative estimate of drug-likeness (QED) is 0.797. The fourth-order valence-corrected chi connectivity index (χ4v) is 1.95. The number of hydrogen-bond donors (Lipinski definition) is 2. The first-order valence-corrected chi connectivity index (χ1v) is 7.04. The van der Waals surface area contributed by atoms with E-state index in [1.807, 2.05) is 25.1 Å². The van der Waals surface area contributed by atoms with Crippen molar-refractivity contribution in [3.05, 3.63) is 34.1 Å². The van der Waals surface area contributed by atoms with E-state index in [0.717, 1.165) is 28.7 Å². The average Bonchev–Trinajstić information content (AvgIpc) is 2.82. The molecule has 0 saturated carbocycles. The Morgan fingerprint density at radius 3 is 2.95 bits per heavy atom. The minimum atomic E-state index is 0.412. The summed E-state index contributed by atoms with van der Waals surface area (Å²) in [5.41, 5.74) is 2.07. The Balaban J connectivity index is 2.01. The first-order valence-electron chi connectivity index (χ1n) is 6.25. The van der Waals surface area contributed by atoms with Crippen LogP contribution >= 0.6 is 15.9 Å². The van der Waals surface area contributed by atoms with Crippen LogP contribution in [0.15, 0.2) is 27.1 Å². The molecule has 5 nitrogen and oxygen atoms in total. The average molecular weight is 325 g/mol. The number of benzene rings is 1. The molecule has 0 fully saturated rings. The summed E-state index contributed by atoms with van der Waals surface area (Å²) in [5.74, 6) is 0.587. The molecule has 0 spiro atoms. The maximum atomic E-state index is 5.52. The van der Waals surface area contributed by atoms with Crippen LogP contribution in [-0.4, -0.2) is 16.7 Å². The van der Waals surface area contributed by atoms with Gasteiger partial charge in [0.05, 0.1) is 6.54 Å². The van der Waals surface area contributed by atoms with Gasteiger partial charge in [-0.05, 0) is 37.6 Å². The van der Waals surface area contributed by atoms with Gasteiger partial charge in [-0.3, -0.25) is 0 Å². The fraction of sp³-hybridized carbons (Fsp3) is 0.385. The molecule has 2 N–H and O–H groups in total. The molecule has 1 heterocycles. The molecule has 0 bridgehead atoms. The van der Waals surface area contributed by atoms with E-state index in [9.17, 15) is 0 Å². The lowest BCUT2D eigenvalue weighted by molar-refractivity contribution is 0.479. The zero-order valence-corrected chi connectivity index (χ0v) is 12.6.